The van der Waals surface area contributed by atoms with Crippen LogP contribution in [0.3, 0.4) is 0 Å². The highest BCUT2D eigenvalue weighted by molar-refractivity contribution is 6.35. The molecule has 0 aliphatic rings. The van der Waals surface area contributed by atoms with Crippen LogP contribution in [0, 0.1) is 10.1 Å². The summed E-state index contributed by atoms with van der Waals surface area (Å²) >= 11 is 11.8. The van der Waals surface area contributed by atoms with E-state index in [1.807, 2.05) is 0 Å². The Hall–Kier alpha value is -3.30. The number of amides is 1. The van der Waals surface area contributed by atoms with Gasteiger partial charge in [0.2, 0.25) is 5.82 Å². The molecular weight excluding hydrogens is 397 g/mol. The Morgan fingerprint density at radius 1 is 1.26 bits per heavy atom. The van der Waals surface area contributed by atoms with E-state index in [1.165, 1.54) is 18.3 Å². The summed E-state index contributed by atoms with van der Waals surface area (Å²) in [4.78, 5) is 40.6. The van der Waals surface area contributed by atoms with Gasteiger partial charge in [0.05, 0.1) is 22.0 Å². The molecule has 0 atom stereocenters. The molecule has 9 nitrogen and oxygen atoms in total. The summed E-state index contributed by atoms with van der Waals surface area (Å²) in [6.45, 7) is 0. The molecule has 0 saturated carbocycles. The van der Waals surface area contributed by atoms with Gasteiger partial charge in [-0.2, -0.15) is 5.10 Å². The zero-order valence-electron chi connectivity index (χ0n) is 13.3. The van der Waals surface area contributed by atoms with Gasteiger partial charge in [-0.3, -0.25) is 19.7 Å². The average molecular weight is 406 g/mol. The van der Waals surface area contributed by atoms with Crippen molar-refractivity contribution < 1.29 is 9.72 Å². The molecule has 3 rings (SSSR count). The Balaban J connectivity index is 1.84. The van der Waals surface area contributed by atoms with Gasteiger partial charge in [-0.25, -0.2) is 10.4 Å². The van der Waals surface area contributed by atoms with Crippen LogP contribution in [0.1, 0.15) is 16.2 Å². The fourth-order valence-electron chi connectivity index (χ4n) is 2.17. The van der Waals surface area contributed by atoms with Gasteiger partial charge in [0, 0.05) is 27.7 Å². The van der Waals surface area contributed by atoms with E-state index in [-0.39, 0.29) is 22.4 Å². The van der Waals surface area contributed by atoms with E-state index in [4.69, 9.17) is 23.2 Å². The van der Waals surface area contributed by atoms with Gasteiger partial charge in [-0.1, -0.05) is 23.2 Å². The quantitative estimate of drug-likeness (QED) is 0.391. The lowest BCUT2D eigenvalue weighted by Gasteiger charge is -2.02. The Bertz CT molecular complexity index is 1160. The first-order valence-electron chi connectivity index (χ1n) is 7.32. The zero-order chi connectivity index (χ0) is 19.6. The molecule has 11 heteroatoms. The van der Waals surface area contributed by atoms with Crippen LogP contribution in [0.5, 0.6) is 0 Å². The number of hydrazone groups is 1. The Labute approximate surface area is 160 Å². The number of benzene rings is 2. The third-order valence-electron chi connectivity index (χ3n) is 3.44. The van der Waals surface area contributed by atoms with Gasteiger partial charge in [-0.15, -0.1) is 0 Å². The SMILES string of the molecule is O=C(N/N=C/c1cc(Cl)ccc1Cl)c1nc2ccc([N+](=O)[O-])cc2c(=O)[nH]1. The van der Waals surface area contributed by atoms with Crippen LogP contribution in [0.4, 0.5) is 5.69 Å². The van der Waals surface area contributed by atoms with Crippen molar-refractivity contribution in [3.63, 3.8) is 0 Å². The number of nitro groups is 1. The number of halogens is 2. The molecule has 0 fully saturated rings. The molecule has 0 bridgehead atoms. The average Bonchev–Trinajstić information content (AvgIpc) is 2.64. The monoisotopic (exact) mass is 405 g/mol. The lowest BCUT2D eigenvalue weighted by molar-refractivity contribution is -0.384. The van der Waals surface area contributed by atoms with Crippen LogP contribution >= 0.6 is 23.2 Å². The summed E-state index contributed by atoms with van der Waals surface area (Å²) in [6, 6.07) is 8.30. The van der Waals surface area contributed by atoms with Gasteiger partial charge < -0.3 is 4.98 Å². The second-order valence-corrected chi connectivity index (χ2v) is 6.08. The van der Waals surface area contributed by atoms with Crippen LogP contribution in [0.2, 0.25) is 10.0 Å². The molecule has 2 aromatic carbocycles. The number of aromatic amines is 1. The molecule has 0 spiro atoms. The maximum atomic E-state index is 12.1. The lowest BCUT2D eigenvalue weighted by Crippen LogP contribution is -2.24. The smallest absolute Gasteiger partial charge is 0.302 e. The van der Waals surface area contributed by atoms with Gasteiger partial charge in [0.15, 0.2) is 0 Å². The highest BCUT2D eigenvalue weighted by atomic mass is 35.5. The summed E-state index contributed by atoms with van der Waals surface area (Å²) in [5.74, 6) is -1.07. The van der Waals surface area contributed by atoms with Crippen LogP contribution < -0.4 is 11.0 Å². The number of nitrogens with zero attached hydrogens (tertiary/aromatic N) is 3. The Kier molecular flexibility index (Phi) is 5.15. The fraction of sp³-hybridized carbons (Fsp3) is 0. The molecule has 0 unspecified atom stereocenters. The lowest BCUT2D eigenvalue weighted by atomic mass is 10.2. The molecule has 27 heavy (non-hydrogen) atoms. The van der Waals surface area contributed by atoms with Gasteiger partial charge in [0.25, 0.3) is 11.2 Å². The van der Waals surface area contributed by atoms with Crippen LogP contribution in [-0.4, -0.2) is 27.0 Å². The second kappa shape index (κ2) is 7.52. The minimum atomic E-state index is -0.776. The number of nitro benzene ring substituents is 1. The highest BCUT2D eigenvalue weighted by Crippen LogP contribution is 2.19. The minimum Gasteiger partial charge on any atom is -0.302 e. The summed E-state index contributed by atoms with van der Waals surface area (Å²) in [6.07, 6.45) is 1.29. The molecule has 2 N–H and O–H groups in total. The van der Waals surface area contributed by atoms with Crippen molar-refractivity contribution in [2.24, 2.45) is 5.10 Å². The predicted molar refractivity (Wildman–Crippen MR) is 101 cm³/mol. The van der Waals surface area contributed by atoms with E-state index in [1.54, 1.807) is 18.2 Å². The van der Waals surface area contributed by atoms with E-state index < -0.39 is 16.4 Å². The minimum absolute atomic E-state index is 0.00467. The topological polar surface area (TPSA) is 130 Å². The van der Waals surface area contributed by atoms with E-state index in [2.05, 4.69) is 20.5 Å². The number of carbonyl (C=O) groups is 1. The highest BCUT2D eigenvalue weighted by Gasteiger charge is 2.14. The molecule has 0 aliphatic carbocycles. The first-order chi connectivity index (χ1) is 12.8. The molecule has 1 amide bonds. The van der Waals surface area contributed by atoms with Gasteiger partial charge in [0.1, 0.15) is 0 Å². The molecule has 1 aromatic heterocycles. The number of rotatable bonds is 4. The Morgan fingerprint density at radius 3 is 2.78 bits per heavy atom. The van der Waals surface area contributed by atoms with Crippen molar-refractivity contribution >= 4 is 51.9 Å². The summed E-state index contributed by atoms with van der Waals surface area (Å²) < 4.78 is 0. The van der Waals surface area contributed by atoms with Crippen molar-refractivity contribution in [1.29, 1.82) is 0 Å². The maximum Gasteiger partial charge on any atom is 0.307 e. The molecular formula is C16H9Cl2N5O4. The molecule has 1 heterocycles. The first-order valence-corrected chi connectivity index (χ1v) is 8.07. The van der Waals surface area contributed by atoms with E-state index in [0.29, 0.717) is 15.6 Å². The third-order valence-corrected chi connectivity index (χ3v) is 4.02. The summed E-state index contributed by atoms with van der Waals surface area (Å²) in [5.41, 5.74) is 1.88. The number of non-ortho nitro benzene ring substituents is 1. The second-order valence-electron chi connectivity index (χ2n) is 5.24. The largest absolute Gasteiger partial charge is 0.307 e. The number of hydrogen-bond donors (Lipinski definition) is 2. The molecule has 0 aliphatic heterocycles. The normalized spacial score (nSPS) is 11.0. The van der Waals surface area contributed by atoms with Crippen LogP contribution in [0.25, 0.3) is 10.9 Å². The van der Waals surface area contributed by atoms with Gasteiger partial charge in [-0.05, 0) is 24.3 Å². The van der Waals surface area contributed by atoms with Crippen LogP contribution in [-0.2, 0) is 0 Å². The van der Waals surface area contributed by atoms with Crippen LogP contribution in [0.15, 0.2) is 46.3 Å². The molecule has 136 valence electrons. The number of carbonyl (C=O) groups excluding carboxylic acids is 1. The zero-order valence-corrected chi connectivity index (χ0v) is 14.8. The van der Waals surface area contributed by atoms with Crippen molar-refractivity contribution in [3.8, 4) is 0 Å². The van der Waals surface area contributed by atoms with Crippen molar-refractivity contribution in [2.75, 3.05) is 0 Å². The fourth-order valence-corrected chi connectivity index (χ4v) is 2.52. The van der Waals surface area contributed by atoms with E-state index in [0.717, 1.165) is 6.07 Å². The Morgan fingerprint density at radius 2 is 2.04 bits per heavy atom. The summed E-state index contributed by atoms with van der Waals surface area (Å²) in [5, 5.41) is 15.4. The van der Waals surface area contributed by atoms with Crippen molar-refractivity contribution in [3.05, 3.63) is 78.3 Å². The van der Waals surface area contributed by atoms with E-state index in [9.17, 15) is 19.7 Å². The molecule has 3 aromatic rings. The first kappa shape index (κ1) is 18.5. The summed E-state index contributed by atoms with van der Waals surface area (Å²) in [7, 11) is 0. The van der Waals surface area contributed by atoms with Crippen molar-refractivity contribution in [2.45, 2.75) is 0 Å². The number of nitrogens with one attached hydrogen (secondary N) is 2. The molecule has 0 saturated heterocycles. The van der Waals surface area contributed by atoms with E-state index >= 15 is 0 Å². The number of aromatic nitrogens is 2. The molecule has 0 radical (unpaired) electrons. The third kappa shape index (κ3) is 4.10. The maximum absolute atomic E-state index is 12.1. The number of H-pyrrole nitrogens is 1. The van der Waals surface area contributed by atoms with Gasteiger partial charge >= 0.3 is 5.91 Å². The number of fused-ring (bicyclic) bond motifs is 1. The van der Waals surface area contributed by atoms with Crippen molar-refractivity contribution in [1.82, 2.24) is 15.4 Å². The predicted octanol–water partition coefficient (Wildman–Crippen LogP) is 2.90. The number of hydrogen-bond acceptors (Lipinski definition) is 6. The standard InChI is InChI=1S/C16H9Cl2N5O4/c17-9-1-3-12(18)8(5-9)7-19-22-16(25)14-20-13-4-2-10(23(26)27)6-11(13)15(24)21-14/h1-7H,(H,22,25)(H,20,21,24)/b19-7+.